The van der Waals surface area contributed by atoms with E-state index in [1.165, 1.54) is 16.5 Å². The Morgan fingerprint density at radius 3 is 2.82 bits per heavy atom. The SMILES string of the molecule is CCN1CCN(Cc2ccc3[nH]ccc3c2)C[C@@H](Cc2ccccc2-c2cccnc2)C1=O. The van der Waals surface area contributed by atoms with Gasteiger partial charge in [0.2, 0.25) is 5.91 Å². The highest BCUT2D eigenvalue weighted by Gasteiger charge is 2.30. The molecule has 1 saturated heterocycles. The lowest BCUT2D eigenvalue weighted by Crippen LogP contribution is -2.37. The first-order valence-corrected chi connectivity index (χ1v) is 11.8. The van der Waals surface area contributed by atoms with Gasteiger partial charge in [0.25, 0.3) is 0 Å². The number of aromatic amines is 1. The highest BCUT2D eigenvalue weighted by atomic mass is 16.2. The molecule has 4 aromatic rings. The molecule has 0 saturated carbocycles. The maximum Gasteiger partial charge on any atom is 0.227 e. The third-order valence-corrected chi connectivity index (χ3v) is 6.69. The average molecular weight is 439 g/mol. The first kappa shape index (κ1) is 21.4. The van der Waals surface area contributed by atoms with Gasteiger partial charge in [-0.3, -0.25) is 14.7 Å². The Balaban J connectivity index is 1.40. The number of carbonyl (C=O) groups excluding carboxylic acids is 1. The standard InChI is InChI=1S/C28H30N4O/c1-2-32-15-14-31(19-21-9-10-27-23(16-21)11-13-30-27)20-25(28(32)33)17-22-6-3-4-8-26(22)24-7-5-12-29-18-24/h3-13,16,18,25,30H,2,14-15,17,19-20H2,1H3/t25-/m1/s1. The first-order valence-electron chi connectivity index (χ1n) is 11.8. The van der Waals surface area contributed by atoms with Crippen LogP contribution in [0.2, 0.25) is 0 Å². The third-order valence-electron chi connectivity index (χ3n) is 6.69. The molecule has 168 valence electrons. The number of fused-ring (bicyclic) bond motifs is 1. The molecule has 1 aliphatic heterocycles. The van der Waals surface area contributed by atoms with Crippen molar-refractivity contribution in [3.05, 3.63) is 90.4 Å². The van der Waals surface area contributed by atoms with Crippen LogP contribution in [0.1, 0.15) is 18.1 Å². The Kier molecular flexibility index (Phi) is 6.22. The summed E-state index contributed by atoms with van der Waals surface area (Å²) in [6.07, 6.45) is 6.40. The molecule has 0 aliphatic carbocycles. The third kappa shape index (κ3) is 4.69. The maximum atomic E-state index is 13.4. The second kappa shape index (κ2) is 9.59. The van der Waals surface area contributed by atoms with E-state index in [-0.39, 0.29) is 11.8 Å². The van der Waals surface area contributed by atoms with Crippen molar-refractivity contribution < 1.29 is 4.79 Å². The van der Waals surface area contributed by atoms with Gasteiger partial charge in [-0.1, -0.05) is 36.4 Å². The Bertz CT molecular complexity index is 1230. The molecule has 1 aliphatic rings. The summed E-state index contributed by atoms with van der Waals surface area (Å²) < 4.78 is 0. The van der Waals surface area contributed by atoms with Crippen LogP contribution >= 0.6 is 0 Å². The summed E-state index contributed by atoms with van der Waals surface area (Å²) in [5, 5.41) is 1.23. The molecule has 0 unspecified atom stereocenters. The molecule has 3 heterocycles. The smallest absolute Gasteiger partial charge is 0.227 e. The van der Waals surface area contributed by atoms with Gasteiger partial charge < -0.3 is 9.88 Å². The van der Waals surface area contributed by atoms with Crippen LogP contribution in [-0.2, 0) is 17.8 Å². The Hall–Kier alpha value is -3.44. The summed E-state index contributed by atoms with van der Waals surface area (Å²) in [7, 11) is 0. The van der Waals surface area contributed by atoms with E-state index in [0.29, 0.717) is 0 Å². The summed E-state index contributed by atoms with van der Waals surface area (Å²) in [6.45, 7) is 6.12. The van der Waals surface area contributed by atoms with Crippen LogP contribution < -0.4 is 0 Å². The van der Waals surface area contributed by atoms with E-state index in [2.05, 4.69) is 76.4 Å². The van der Waals surface area contributed by atoms with Gasteiger partial charge in [-0.25, -0.2) is 0 Å². The molecule has 2 aromatic carbocycles. The monoisotopic (exact) mass is 438 g/mol. The van der Waals surface area contributed by atoms with Gasteiger partial charge in [0, 0.05) is 62.4 Å². The number of aromatic nitrogens is 2. The molecule has 1 fully saturated rings. The zero-order valence-electron chi connectivity index (χ0n) is 19.1. The van der Waals surface area contributed by atoms with Gasteiger partial charge >= 0.3 is 0 Å². The molecule has 1 N–H and O–H groups in total. The molecule has 33 heavy (non-hydrogen) atoms. The van der Waals surface area contributed by atoms with E-state index in [4.69, 9.17) is 0 Å². The van der Waals surface area contributed by atoms with Crippen molar-refractivity contribution in [2.75, 3.05) is 26.2 Å². The number of benzene rings is 2. The van der Waals surface area contributed by atoms with Gasteiger partial charge in [0.15, 0.2) is 0 Å². The molecule has 1 amide bonds. The molecule has 2 aromatic heterocycles. The minimum absolute atomic E-state index is 0.0683. The van der Waals surface area contributed by atoms with Crippen molar-refractivity contribution in [3.63, 3.8) is 0 Å². The number of nitrogens with zero attached hydrogens (tertiary/aromatic N) is 3. The number of carbonyl (C=O) groups is 1. The molecule has 0 bridgehead atoms. The number of hydrogen-bond donors (Lipinski definition) is 1. The topological polar surface area (TPSA) is 52.2 Å². The fraction of sp³-hybridized carbons (Fsp3) is 0.286. The predicted octanol–water partition coefficient (Wildman–Crippen LogP) is 4.75. The van der Waals surface area contributed by atoms with Crippen molar-refractivity contribution in [2.45, 2.75) is 19.9 Å². The van der Waals surface area contributed by atoms with Crippen molar-refractivity contribution in [1.29, 1.82) is 0 Å². The van der Waals surface area contributed by atoms with Crippen LogP contribution in [0.5, 0.6) is 0 Å². The number of amides is 1. The summed E-state index contributed by atoms with van der Waals surface area (Å²) in [6, 6.07) is 21.2. The van der Waals surface area contributed by atoms with Crippen LogP contribution in [-0.4, -0.2) is 51.9 Å². The van der Waals surface area contributed by atoms with Crippen LogP contribution in [0.15, 0.2) is 79.3 Å². The Morgan fingerprint density at radius 1 is 1.06 bits per heavy atom. The Labute approximate surface area is 195 Å². The summed E-state index contributed by atoms with van der Waals surface area (Å²) >= 11 is 0. The zero-order chi connectivity index (χ0) is 22.6. The van der Waals surface area contributed by atoms with Crippen molar-refractivity contribution in [1.82, 2.24) is 19.8 Å². The number of likely N-dealkylation sites (N-methyl/N-ethyl adjacent to an activating group) is 1. The maximum absolute atomic E-state index is 13.4. The van der Waals surface area contributed by atoms with Crippen LogP contribution in [0.3, 0.4) is 0 Å². The van der Waals surface area contributed by atoms with Crippen molar-refractivity contribution >= 4 is 16.8 Å². The summed E-state index contributed by atoms with van der Waals surface area (Å²) in [4.78, 5) is 25.5. The second-order valence-electron chi connectivity index (χ2n) is 8.85. The predicted molar refractivity (Wildman–Crippen MR) is 133 cm³/mol. The number of H-pyrrole nitrogens is 1. The Morgan fingerprint density at radius 2 is 1.97 bits per heavy atom. The van der Waals surface area contributed by atoms with E-state index in [0.717, 1.165) is 55.8 Å². The van der Waals surface area contributed by atoms with Gasteiger partial charge in [-0.2, -0.15) is 0 Å². The molecular weight excluding hydrogens is 408 g/mol. The van der Waals surface area contributed by atoms with Gasteiger partial charge in [0.05, 0.1) is 5.92 Å². The highest BCUT2D eigenvalue weighted by molar-refractivity contribution is 5.81. The van der Waals surface area contributed by atoms with Crippen LogP contribution in [0, 0.1) is 5.92 Å². The molecule has 0 spiro atoms. The van der Waals surface area contributed by atoms with E-state index in [1.54, 1.807) is 6.20 Å². The zero-order valence-corrected chi connectivity index (χ0v) is 19.1. The van der Waals surface area contributed by atoms with Crippen molar-refractivity contribution in [3.8, 4) is 11.1 Å². The van der Waals surface area contributed by atoms with E-state index >= 15 is 0 Å². The highest BCUT2D eigenvalue weighted by Crippen LogP contribution is 2.27. The van der Waals surface area contributed by atoms with E-state index in [1.807, 2.05) is 23.4 Å². The lowest BCUT2D eigenvalue weighted by atomic mass is 9.91. The van der Waals surface area contributed by atoms with E-state index < -0.39 is 0 Å². The fourth-order valence-corrected chi connectivity index (χ4v) is 4.95. The fourth-order valence-electron chi connectivity index (χ4n) is 4.95. The van der Waals surface area contributed by atoms with Crippen LogP contribution in [0.4, 0.5) is 0 Å². The largest absolute Gasteiger partial charge is 0.361 e. The number of hydrogen-bond acceptors (Lipinski definition) is 3. The summed E-state index contributed by atoms with van der Waals surface area (Å²) in [5.74, 6) is 0.198. The van der Waals surface area contributed by atoms with E-state index in [9.17, 15) is 4.79 Å². The first-order chi connectivity index (χ1) is 16.2. The second-order valence-corrected chi connectivity index (χ2v) is 8.85. The lowest BCUT2D eigenvalue weighted by Gasteiger charge is -2.24. The summed E-state index contributed by atoms with van der Waals surface area (Å²) in [5.41, 5.74) is 5.91. The molecular formula is C28H30N4O. The normalized spacial score (nSPS) is 17.4. The minimum Gasteiger partial charge on any atom is -0.361 e. The van der Waals surface area contributed by atoms with Gasteiger partial charge in [-0.05, 0) is 59.7 Å². The molecule has 5 heteroatoms. The van der Waals surface area contributed by atoms with Gasteiger partial charge in [-0.15, -0.1) is 0 Å². The molecule has 1 atom stereocenters. The minimum atomic E-state index is -0.0683. The number of nitrogens with one attached hydrogen (secondary N) is 1. The number of rotatable bonds is 6. The average Bonchev–Trinajstić information content (AvgIpc) is 3.27. The molecule has 0 radical (unpaired) electrons. The quantitative estimate of drug-likeness (QED) is 0.473. The van der Waals surface area contributed by atoms with Crippen LogP contribution in [0.25, 0.3) is 22.0 Å². The lowest BCUT2D eigenvalue weighted by molar-refractivity contribution is -0.134. The van der Waals surface area contributed by atoms with Crippen molar-refractivity contribution in [2.24, 2.45) is 5.92 Å². The number of pyridine rings is 1. The molecule has 5 rings (SSSR count). The molecule has 5 nitrogen and oxygen atoms in total. The van der Waals surface area contributed by atoms with Gasteiger partial charge in [0.1, 0.15) is 0 Å².